The Kier molecular flexibility index (Phi) is 4.36. The molecule has 0 aliphatic rings. The molecular formula is C9H9N3S2. The normalized spacial score (nSPS) is 9.36. The van der Waals surface area contributed by atoms with E-state index in [1.807, 2.05) is 12.1 Å². The molecule has 0 fully saturated rings. The van der Waals surface area contributed by atoms with Crippen molar-refractivity contribution in [2.75, 3.05) is 5.75 Å². The highest BCUT2D eigenvalue weighted by molar-refractivity contribution is 7.99. The molecule has 72 valence electrons. The fourth-order valence-electron chi connectivity index (χ4n) is 0.850. The molecule has 0 aliphatic carbocycles. The number of thioether (sulfide) groups is 1. The maximum atomic E-state index is 8.37. The molecule has 0 aliphatic heterocycles. The van der Waals surface area contributed by atoms with E-state index in [-0.39, 0.29) is 0 Å². The number of pyridine rings is 1. The number of nitriles is 1. The van der Waals surface area contributed by atoms with Crippen LogP contribution in [0.15, 0.2) is 23.2 Å². The van der Waals surface area contributed by atoms with Crippen LogP contribution in [0.2, 0.25) is 0 Å². The van der Waals surface area contributed by atoms with Gasteiger partial charge in [0, 0.05) is 23.3 Å². The SMILES string of the molecule is N#CCCSc1ccnc(C(N)=S)c1. The summed E-state index contributed by atoms with van der Waals surface area (Å²) in [6.45, 7) is 0. The Morgan fingerprint density at radius 3 is 3.14 bits per heavy atom. The van der Waals surface area contributed by atoms with E-state index in [4.69, 9.17) is 23.2 Å². The zero-order chi connectivity index (χ0) is 10.4. The summed E-state index contributed by atoms with van der Waals surface area (Å²) in [5.41, 5.74) is 6.07. The van der Waals surface area contributed by atoms with Gasteiger partial charge in [0.15, 0.2) is 0 Å². The van der Waals surface area contributed by atoms with Crippen LogP contribution in [-0.4, -0.2) is 15.7 Å². The second-order valence-corrected chi connectivity index (χ2v) is 4.11. The van der Waals surface area contributed by atoms with Crippen molar-refractivity contribution in [2.45, 2.75) is 11.3 Å². The lowest BCUT2D eigenvalue weighted by Gasteiger charge is -2.01. The van der Waals surface area contributed by atoms with Crippen LogP contribution in [0, 0.1) is 11.3 Å². The molecule has 0 bridgehead atoms. The van der Waals surface area contributed by atoms with Crippen LogP contribution in [0.1, 0.15) is 12.1 Å². The highest BCUT2D eigenvalue weighted by Crippen LogP contribution is 2.18. The molecule has 1 aromatic rings. The van der Waals surface area contributed by atoms with Gasteiger partial charge in [-0.05, 0) is 12.1 Å². The summed E-state index contributed by atoms with van der Waals surface area (Å²) >= 11 is 6.41. The molecule has 0 atom stereocenters. The van der Waals surface area contributed by atoms with Gasteiger partial charge in [0.2, 0.25) is 0 Å². The zero-order valence-electron chi connectivity index (χ0n) is 7.43. The summed E-state index contributed by atoms with van der Waals surface area (Å²) < 4.78 is 0. The Morgan fingerprint density at radius 2 is 2.50 bits per heavy atom. The minimum Gasteiger partial charge on any atom is -0.388 e. The fraction of sp³-hybridized carbons (Fsp3) is 0.222. The van der Waals surface area contributed by atoms with Crippen LogP contribution < -0.4 is 5.73 Å². The molecule has 0 radical (unpaired) electrons. The molecule has 0 saturated heterocycles. The number of rotatable bonds is 4. The van der Waals surface area contributed by atoms with Crippen molar-refractivity contribution >= 4 is 29.0 Å². The second-order valence-electron chi connectivity index (χ2n) is 2.50. The summed E-state index contributed by atoms with van der Waals surface area (Å²) in [7, 11) is 0. The van der Waals surface area contributed by atoms with Crippen LogP contribution in [0.25, 0.3) is 0 Å². The molecule has 0 unspecified atom stereocenters. The Labute approximate surface area is 92.3 Å². The first-order valence-corrected chi connectivity index (χ1v) is 5.39. The molecule has 14 heavy (non-hydrogen) atoms. The van der Waals surface area contributed by atoms with Gasteiger partial charge in [-0.3, -0.25) is 4.98 Å². The van der Waals surface area contributed by atoms with E-state index in [2.05, 4.69) is 11.1 Å². The minimum absolute atomic E-state index is 0.299. The monoisotopic (exact) mass is 223 g/mol. The first-order valence-electron chi connectivity index (χ1n) is 3.99. The van der Waals surface area contributed by atoms with Crippen LogP contribution in [0.5, 0.6) is 0 Å². The lowest BCUT2D eigenvalue weighted by atomic mass is 10.3. The second kappa shape index (κ2) is 5.58. The predicted molar refractivity (Wildman–Crippen MR) is 61.1 cm³/mol. The van der Waals surface area contributed by atoms with Crippen LogP contribution in [0.4, 0.5) is 0 Å². The Bertz CT molecular complexity index is 371. The van der Waals surface area contributed by atoms with E-state index >= 15 is 0 Å². The standard InChI is InChI=1S/C9H9N3S2/c10-3-1-5-14-7-2-4-12-8(6-7)9(11)13/h2,4,6H,1,5H2,(H2,11,13). The molecule has 1 aromatic heterocycles. The van der Waals surface area contributed by atoms with Gasteiger partial charge in [-0.1, -0.05) is 12.2 Å². The van der Waals surface area contributed by atoms with Crippen LogP contribution in [-0.2, 0) is 0 Å². The summed E-state index contributed by atoms with van der Waals surface area (Å²) in [5.74, 6) is 0.775. The van der Waals surface area contributed by atoms with Crippen molar-refractivity contribution in [1.82, 2.24) is 4.98 Å². The third kappa shape index (κ3) is 3.32. The first-order chi connectivity index (χ1) is 6.74. The number of thiocarbonyl (C=S) groups is 1. The van der Waals surface area contributed by atoms with E-state index in [9.17, 15) is 0 Å². The lowest BCUT2D eigenvalue weighted by Crippen LogP contribution is -2.11. The molecular weight excluding hydrogens is 214 g/mol. The Morgan fingerprint density at radius 1 is 1.71 bits per heavy atom. The molecule has 1 heterocycles. The maximum Gasteiger partial charge on any atom is 0.122 e. The molecule has 0 spiro atoms. The van der Waals surface area contributed by atoms with Gasteiger partial charge < -0.3 is 5.73 Å². The molecule has 0 aromatic carbocycles. The number of nitrogens with zero attached hydrogens (tertiary/aromatic N) is 2. The van der Waals surface area contributed by atoms with E-state index in [0.29, 0.717) is 17.1 Å². The minimum atomic E-state index is 0.299. The maximum absolute atomic E-state index is 8.37. The van der Waals surface area contributed by atoms with Gasteiger partial charge in [-0.15, -0.1) is 11.8 Å². The lowest BCUT2D eigenvalue weighted by molar-refractivity contribution is 1.21. The van der Waals surface area contributed by atoms with Gasteiger partial charge in [0.25, 0.3) is 0 Å². The summed E-state index contributed by atoms with van der Waals surface area (Å²) in [6, 6.07) is 5.80. The molecule has 3 nitrogen and oxygen atoms in total. The zero-order valence-corrected chi connectivity index (χ0v) is 9.07. The quantitative estimate of drug-likeness (QED) is 0.478. The molecule has 0 amide bonds. The average Bonchev–Trinajstić information content (AvgIpc) is 2.19. The summed E-state index contributed by atoms with van der Waals surface area (Å²) in [4.78, 5) is 5.36. The number of aromatic nitrogens is 1. The van der Waals surface area contributed by atoms with Crippen molar-refractivity contribution in [1.29, 1.82) is 5.26 Å². The largest absolute Gasteiger partial charge is 0.388 e. The number of hydrogen-bond acceptors (Lipinski definition) is 4. The smallest absolute Gasteiger partial charge is 0.122 e. The molecule has 5 heteroatoms. The van der Waals surface area contributed by atoms with E-state index in [1.165, 1.54) is 0 Å². The first kappa shape index (κ1) is 11.0. The molecule has 1 rings (SSSR count). The molecule has 0 saturated carbocycles. The van der Waals surface area contributed by atoms with Crippen molar-refractivity contribution < 1.29 is 0 Å². The molecule has 2 N–H and O–H groups in total. The van der Waals surface area contributed by atoms with Crippen LogP contribution in [0.3, 0.4) is 0 Å². The topological polar surface area (TPSA) is 62.7 Å². The highest BCUT2D eigenvalue weighted by Gasteiger charge is 1.99. The highest BCUT2D eigenvalue weighted by atomic mass is 32.2. The predicted octanol–water partition coefficient (Wildman–Crippen LogP) is 1.72. The van der Waals surface area contributed by atoms with Crippen LogP contribution >= 0.6 is 24.0 Å². The third-order valence-corrected chi connectivity index (χ3v) is 2.67. The average molecular weight is 223 g/mol. The van der Waals surface area contributed by atoms with E-state index in [1.54, 1.807) is 18.0 Å². The Balaban J connectivity index is 2.65. The fourth-order valence-corrected chi connectivity index (χ4v) is 1.74. The van der Waals surface area contributed by atoms with Crippen molar-refractivity contribution in [2.24, 2.45) is 5.73 Å². The third-order valence-electron chi connectivity index (χ3n) is 1.47. The van der Waals surface area contributed by atoms with E-state index in [0.717, 1.165) is 10.6 Å². The summed E-state index contributed by atoms with van der Waals surface area (Å²) in [6.07, 6.45) is 2.21. The van der Waals surface area contributed by atoms with Crippen molar-refractivity contribution in [3.63, 3.8) is 0 Å². The van der Waals surface area contributed by atoms with Crippen molar-refractivity contribution in [3.8, 4) is 6.07 Å². The van der Waals surface area contributed by atoms with Gasteiger partial charge in [-0.2, -0.15) is 5.26 Å². The van der Waals surface area contributed by atoms with Gasteiger partial charge in [-0.25, -0.2) is 0 Å². The van der Waals surface area contributed by atoms with Crippen molar-refractivity contribution in [3.05, 3.63) is 24.0 Å². The van der Waals surface area contributed by atoms with Gasteiger partial charge in [0.05, 0.1) is 11.8 Å². The van der Waals surface area contributed by atoms with E-state index < -0.39 is 0 Å². The van der Waals surface area contributed by atoms with Gasteiger partial charge in [0.1, 0.15) is 4.99 Å². The number of hydrogen-bond donors (Lipinski definition) is 1. The summed E-state index contributed by atoms with van der Waals surface area (Å²) in [5, 5.41) is 8.37. The Hall–Kier alpha value is -1.12. The van der Waals surface area contributed by atoms with Gasteiger partial charge >= 0.3 is 0 Å². The number of nitrogens with two attached hydrogens (primary N) is 1.